The fraction of sp³-hybridized carbons (Fsp3) is 0.122. The Labute approximate surface area is 513 Å². The van der Waals surface area contributed by atoms with Crippen molar-refractivity contribution in [3.63, 3.8) is 0 Å². The summed E-state index contributed by atoms with van der Waals surface area (Å²) in [5.74, 6) is -2.44. The molecule has 3 unspecified atom stereocenters. The maximum absolute atomic E-state index is 16.6. The van der Waals surface area contributed by atoms with E-state index in [1.165, 1.54) is 53.1 Å². The van der Waals surface area contributed by atoms with Gasteiger partial charge in [-0.25, -0.2) is 17.6 Å². The zero-order valence-corrected chi connectivity index (χ0v) is 49.7. The van der Waals surface area contributed by atoms with Crippen LogP contribution in [-0.4, -0.2) is 0 Å². The van der Waals surface area contributed by atoms with E-state index in [4.69, 9.17) is 0 Å². The first kappa shape index (κ1) is 55.8. The molecule has 0 amide bonds. The lowest BCUT2D eigenvalue weighted by atomic mass is 9.63. The summed E-state index contributed by atoms with van der Waals surface area (Å²) in [6.07, 6.45) is 9.02. The van der Waals surface area contributed by atoms with E-state index in [2.05, 4.69) is 186 Å². The van der Waals surface area contributed by atoms with Crippen molar-refractivity contribution in [1.29, 1.82) is 0 Å². The van der Waals surface area contributed by atoms with Gasteiger partial charge in [-0.05, 0) is 215 Å². The van der Waals surface area contributed by atoms with Gasteiger partial charge < -0.3 is 9.80 Å². The van der Waals surface area contributed by atoms with Gasteiger partial charge >= 0.3 is 0 Å². The minimum absolute atomic E-state index is 0.189. The Morgan fingerprint density at radius 3 is 1.30 bits per heavy atom. The van der Waals surface area contributed by atoms with E-state index in [1.807, 2.05) is 66.7 Å². The smallest absolute Gasteiger partial charge is 0.150 e. The molecule has 11 aromatic carbocycles. The van der Waals surface area contributed by atoms with E-state index in [-0.39, 0.29) is 11.4 Å². The van der Waals surface area contributed by atoms with E-state index in [0.29, 0.717) is 28.7 Å². The van der Waals surface area contributed by atoms with Gasteiger partial charge in [-0.1, -0.05) is 199 Å². The van der Waals surface area contributed by atoms with Crippen LogP contribution in [0.3, 0.4) is 0 Å². The van der Waals surface area contributed by atoms with Crippen molar-refractivity contribution in [2.45, 2.75) is 57.8 Å². The van der Waals surface area contributed by atoms with Gasteiger partial charge in [0.1, 0.15) is 34.6 Å². The second-order valence-electron chi connectivity index (χ2n) is 23.9. The molecule has 11 aromatic rings. The van der Waals surface area contributed by atoms with Crippen LogP contribution in [0.5, 0.6) is 0 Å². The number of nitrogens with zero attached hydrogens (tertiary/aromatic N) is 2. The number of benzene rings is 11. The lowest BCUT2D eigenvalue weighted by molar-refractivity contribution is 0.529. The van der Waals surface area contributed by atoms with Crippen molar-refractivity contribution >= 4 is 40.2 Å². The summed E-state index contributed by atoms with van der Waals surface area (Å²) in [7, 11) is 0. The van der Waals surface area contributed by atoms with E-state index in [9.17, 15) is 0 Å². The standard InChI is InChI=1S/C82H64F4N2/c1-7-55-27-35-59(36-28-55)81(71-47-51(3)23-25-53(71)5)69-17-11-9-15-65(69)67-45-43-63(49-73(67)81)87(79-75(83)19-13-20-76(79)84)61-39-31-57(32-40-61)58-33-41-62(42-34-58)88(80-77(85)21-14-22-78(80)86)64-44-46-68-66-16-10-12-18-70(66)82(74(68)50-64,60-37-29-56(8-2)30-38-60)72-48-52(4)24-26-54(72)6/h7-28,31-37,39-50,56H,1-2,29-30,38H2,3-6H3. The van der Waals surface area contributed by atoms with Gasteiger partial charge in [-0.15, -0.1) is 6.58 Å². The van der Waals surface area contributed by atoms with Crippen LogP contribution >= 0.6 is 0 Å². The fourth-order valence-electron chi connectivity index (χ4n) is 14.8. The number of aryl methyl sites for hydroxylation is 4. The van der Waals surface area contributed by atoms with Crippen molar-refractivity contribution in [2.75, 3.05) is 9.80 Å². The maximum Gasteiger partial charge on any atom is 0.150 e. The molecule has 0 spiro atoms. The number of allylic oxidation sites excluding steroid dienone is 3. The van der Waals surface area contributed by atoms with E-state index >= 15 is 17.6 Å². The lowest BCUT2D eigenvalue weighted by Crippen LogP contribution is -2.32. The monoisotopic (exact) mass is 1150 g/mol. The largest absolute Gasteiger partial charge is 0.305 e. The second kappa shape index (κ2) is 22.0. The number of fused-ring (bicyclic) bond motifs is 6. The third-order valence-corrected chi connectivity index (χ3v) is 18.9. The van der Waals surface area contributed by atoms with Gasteiger partial charge in [0.2, 0.25) is 0 Å². The van der Waals surface area contributed by atoms with Crippen molar-refractivity contribution < 1.29 is 17.6 Å². The molecular formula is C82H64F4N2. The number of rotatable bonds is 13. The van der Waals surface area contributed by atoms with Crippen LogP contribution in [-0.2, 0) is 10.8 Å². The van der Waals surface area contributed by atoms with Crippen LogP contribution in [0.15, 0.2) is 261 Å². The first-order valence-electron chi connectivity index (χ1n) is 30.2. The maximum atomic E-state index is 16.6. The van der Waals surface area contributed by atoms with Crippen molar-refractivity contribution in [3.05, 3.63) is 351 Å². The van der Waals surface area contributed by atoms with Crippen molar-refractivity contribution in [3.8, 4) is 33.4 Å². The molecule has 0 aliphatic heterocycles. The number of anilines is 6. The summed E-state index contributed by atoms with van der Waals surface area (Å²) in [4.78, 5) is 3.36. The molecule has 0 N–H and O–H groups in total. The van der Waals surface area contributed by atoms with Gasteiger partial charge in [0, 0.05) is 22.7 Å². The molecule has 0 saturated heterocycles. The average molecular weight is 1150 g/mol. The zero-order valence-electron chi connectivity index (χ0n) is 49.7. The Morgan fingerprint density at radius 1 is 0.409 bits per heavy atom. The minimum atomic E-state index is -0.805. The Bertz CT molecular complexity index is 4590. The molecule has 0 radical (unpaired) electrons. The molecule has 2 nitrogen and oxygen atoms in total. The highest BCUT2D eigenvalue weighted by Crippen LogP contribution is 2.61. The lowest BCUT2D eigenvalue weighted by Gasteiger charge is -2.40. The van der Waals surface area contributed by atoms with Gasteiger partial charge in [0.15, 0.2) is 0 Å². The summed E-state index contributed by atoms with van der Waals surface area (Å²) < 4.78 is 66.4. The SMILES string of the molecule is C=Cc1ccc(C2(c3cc(C)ccc3C)c3ccccc3-c3ccc(N(c4ccc(-c5ccc(N(c6ccc7c(c6)C(C6=CCC(C=C)CC6)(c6cc(C)ccc6C)c6ccccc6-7)c6c(F)cccc6F)cc5)cc4)c4c(F)cccc4F)cc32)cc1. The quantitative estimate of drug-likeness (QED) is 0.0839. The highest BCUT2D eigenvalue weighted by molar-refractivity contribution is 5.92. The summed E-state index contributed by atoms with van der Waals surface area (Å²) in [5.41, 5.74) is 20.9. The molecule has 0 aromatic heterocycles. The third-order valence-electron chi connectivity index (χ3n) is 18.9. The Hall–Kier alpha value is -10.0. The Morgan fingerprint density at radius 2 is 0.841 bits per heavy atom. The second-order valence-corrected chi connectivity index (χ2v) is 23.9. The topological polar surface area (TPSA) is 6.48 Å². The van der Waals surface area contributed by atoms with Gasteiger partial charge in [-0.3, -0.25) is 0 Å². The molecule has 430 valence electrons. The molecule has 0 heterocycles. The summed E-state index contributed by atoms with van der Waals surface area (Å²) in [6, 6.07) is 74.6. The molecule has 0 bridgehead atoms. The molecular weight excluding hydrogens is 1090 g/mol. The molecule has 0 fully saturated rings. The Kier molecular flexibility index (Phi) is 14.0. The molecule has 3 aliphatic rings. The van der Waals surface area contributed by atoms with Gasteiger partial charge in [0.05, 0.1) is 10.8 Å². The highest BCUT2D eigenvalue weighted by atomic mass is 19.1. The molecule has 3 aliphatic carbocycles. The predicted molar refractivity (Wildman–Crippen MR) is 355 cm³/mol. The highest BCUT2D eigenvalue weighted by Gasteiger charge is 2.50. The van der Waals surface area contributed by atoms with Crippen LogP contribution in [0.4, 0.5) is 51.7 Å². The molecule has 88 heavy (non-hydrogen) atoms. The molecule has 14 rings (SSSR count). The van der Waals surface area contributed by atoms with E-state index < -0.39 is 34.1 Å². The van der Waals surface area contributed by atoms with Gasteiger partial charge in [0.25, 0.3) is 0 Å². The van der Waals surface area contributed by atoms with Crippen LogP contribution in [0.2, 0.25) is 0 Å². The zero-order chi connectivity index (χ0) is 60.6. The fourth-order valence-corrected chi connectivity index (χ4v) is 14.8. The van der Waals surface area contributed by atoms with Crippen molar-refractivity contribution in [1.82, 2.24) is 0 Å². The number of halogens is 4. The normalized spacial score (nSPS) is 17.1. The minimum Gasteiger partial charge on any atom is -0.305 e. The molecule has 3 atom stereocenters. The van der Waals surface area contributed by atoms with Crippen LogP contribution in [0, 0.1) is 56.9 Å². The Balaban J connectivity index is 0.883. The number of hydrogen-bond donors (Lipinski definition) is 0. The van der Waals surface area contributed by atoms with Crippen LogP contribution < -0.4 is 9.80 Å². The van der Waals surface area contributed by atoms with Gasteiger partial charge in [-0.2, -0.15) is 0 Å². The average Bonchev–Trinajstić information content (AvgIpc) is 1.59. The summed E-state index contributed by atoms with van der Waals surface area (Å²) in [6.45, 7) is 16.8. The predicted octanol–water partition coefficient (Wildman–Crippen LogP) is 22.3. The van der Waals surface area contributed by atoms with E-state index in [1.54, 1.807) is 9.80 Å². The molecule has 0 saturated carbocycles. The number of para-hydroxylation sites is 2. The number of hydrogen-bond acceptors (Lipinski definition) is 2. The summed E-state index contributed by atoms with van der Waals surface area (Å²) in [5, 5.41) is 0. The molecule has 6 heteroatoms. The first-order chi connectivity index (χ1) is 42.8. The van der Waals surface area contributed by atoms with E-state index in [0.717, 1.165) is 108 Å². The first-order valence-corrected chi connectivity index (χ1v) is 30.2. The van der Waals surface area contributed by atoms with Crippen LogP contribution in [0.25, 0.3) is 39.5 Å². The third kappa shape index (κ3) is 8.82. The van der Waals surface area contributed by atoms with Crippen LogP contribution in [0.1, 0.15) is 86.0 Å². The summed E-state index contributed by atoms with van der Waals surface area (Å²) >= 11 is 0. The van der Waals surface area contributed by atoms with Crippen molar-refractivity contribution in [2.24, 2.45) is 5.92 Å².